The summed E-state index contributed by atoms with van der Waals surface area (Å²) in [5, 5.41) is 7.41. The first-order valence-corrected chi connectivity index (χ1v) is 11.5. The molecule has 1 saturated carbocycles. The fourth-order valence-electron chi connectivity index (χ4n) is 4.74. The zero-order valence-corrected chi connectivity index (χ0v) is 18.8. The zero-order valence-electron chi connectivity index (χ0n) is 18.8. The Balaban J connectivity index is 0.000000260. The summed E-state index contributed by atoms with van der Waals surface area (Å²) in [5.41, 5.74) is 2.70. The Hall–Kier alpha value is -2.87. The lowest BCUT2D eigenvalue weighted by molar-refractivity contribution is 0.112. The van der Waals surface area contributed by atoms with Crippen LogP contribution < -0.4 is 10.2 Å². The van der Waals surface area contributed by atoms with Crippen molar-refractivity contribution in [3.8, 4) is 0 Å². The fraction of sp³-hybridized carbons (Fsp3) is 0.500. The Kier molecular flexibility index (Phi) is 7.09. The van der Waals surface area contributed by atoms with Gasteiger partial charge in [-0.1, -0.05) is 19.3 Å². The summed E-state index contributed by atoms with van der Waals surface area (Å²) in [5.74, 6) is 0.433. The summed E-state index contributed by atoms with van der Waals surface area (Å²) >= 11 is 0. The van der Waals surface area contributed by atoms with Gasteiger partial charge in [-0.15, -0.1) is 0 Å². The van der Waals surface area contributed by atoms with Gasteiger partial charge in [-0.05, 0) is 57.4 Å². The molecule has 3 aromatic rings. The summed E-state index contributed by atoms with van der Waals surface area (Å²) in [6.07, 6.45) is 14.3. The van der Waals surface area contributed by atoms with Crippen molar-refractivity contribution < 1.29 is 9.18 Å². The van der Waals surface area contributed by atoms with Crippen molar-refractivity contribution in [2.75, 3.05) is 18.5 Å². The van der Waals surface area contributed by atoms with Crippen molar-refractivity contribution in [2.24, 2.45) is 0 Å². The maximum Gasteiger partial charge on any atom is 0.167 e. The molecule has 3 aromatic heterocycles. The van der Waals surface area contributed by atoms with Gasteiger partial charge >= 0.3 is 0 Å². The third-order valence-electron chi connectivity index (χ3n) is 6.52. The average molecular weight is 439 g/mol. The number of aldehydes is 1. The summed E-state index contributed by atoms with van der Waals surface area (Å²) in [6, 6.07) is 4.29. The monoisotopic (exact) mass is 438 g/mol. The number of hydrogen-bond donors (Lipinski definition) is 1. The highest BCUT2D eigenvalue weighted by Gasteiger charge is 2.29. The summed E-state index contributed by atoms with van der Waals surface area (Å²) < 4.78 is 15.2. The standard InChI is InChI=1S/C17H16FN5O.C7H15N/c1-11-14(7-13(18)9-19-11)15-3-2-5-22(15)16-4-6-23-17(21-16)12(10-24)8-20-23;1-8-7-5-3-2-4-6-7/h4,6-10,15H,2-3,5H2,1H3;7-8H,2-6H2,1H3. The molecule has 2 aliphatic rings. The molecule has 0 amide bonds. The number of hydrogen-bond acceptors (Lipinski definition) is 6. The number of pyridine rings is 1. The molecule has 0 radical (unpaired) electrons. The third kappa shape index (κ3) is 4.80. The van der Waals surface area contributed by atoms with Crippen molar-refractivity contribution in [1.29, 1.82) is 0 Å². The number of halogens is 1. The molecule has 0 spiro atoms. The van der Waals surface area contributed by atoms with E-state index in [4.69, 9.17) is 0 Å². The van der Waals surface area contributed by atoms with Crippen LogP contribution in [0.5, 0.6) is 0 Å². The van der Waals surface area contributed by atoms with Crippen molar-refractivity contribution in [3.05, 3.63) is 53.4 Å². The van der Waals surface area contributed by atoms with Crippen LogP contribution in [0.15, 0.2) is 30.7 Å². The van der Waals surface area contributed by atoms with Crippen molar-refractivity contribution >= 4 is 17.8 Å². The Morgan fingerprint density at radius 3 is 2.69 bits per heavy atom. The van der Waals surface area contributed by atoms with E-state index in [2.05, 4.69) is 32.3 Å². The first-order valence-electron chi connectivity index (χ1n) is 11.5. The number of nitrogens with one attached hydrogen (secondary N) is 1. The normalized spacial score (nSPS) is 19.1. The van der Waals surface area contributed by atoms with Gasteiger partial charge in [0.2, 0.25) is 0 Å². The summed E-state index contributed by atoms with van der Waals surface area (Å²) in [4.78, 5) is 22.0. The highest BCUT2D eigenvalue weighted by Crippen LogP contribution is 2.36. The summed E-state index contributed by atoms with van der Waals surface area (Å²) in [7, 11) is 2.07. The minimum atomic E-state index is -0.329. The number of nitrogens with zero attached hydrogens (tertiary/aromatic N) is 5. The van der Waals surface area contributed by atoms with Crippen LogP contribution in [0.1, 0.15) is 72.6 Å². The van der Waals surface area contributed by atoms with Gasteiger partial charge in [0.15, 0.2) is 11.9 Å². The number of aryl methyl sites for hydroxylation is 1. The Morgan fingerprint density at radius 2 is 1.97 bits per heavy atom. The Labute approximate surface area is 188 Å². The van der Waals surface area contributed by atoms with Gasteiger partial charge in [0.25, 0.3) is 0 Å². The molecular weight excluding hydrogens is 407 g/mol. The minimum Gasteiger partial charge on any atom is -0.349 e. The van der Waals surface area contributed by atoms with Gasteiger partial charge in [0, 0.05) is 24.5 Å². The predicted molar refractivity (Wildman–Crippen MR) is 123 cm³/mol. The second-order valence-electron chi connectivity index (χ2n) is 8.57. The number of fused-ring (bicyclic) bond motifs is 1. The molecule has 0 bridgehead atoms. The number of rotatable bonds is 4. The molecule has 1 N–H and O–H groups in total. The average Bonchev–Trinajstić information content (AvgIpc) is 3.48. The minimum absolute atomic E-state index is 0.0331. The van der Waals surface area contributed by atoms with E-state index in [9.17, 15) is 9.18 Å². The molecule has 1 aliphatic carbocycles. The van der Waals surface area contributed by atoms with Crippen molar-refractivity contribution in [1.82, 2.24) is 24.9 Å². The number of anilines is 1. The highest BCUT2D eigenvalue weighted by molar-refractivity contribution is 5.84. The largest absolute Gasteiger partial charge is 0.349 e. The highest BCUT2D eigenvalue weighted by atomic mass is 19.1. The third-order valence-corrected chi connectivity index (χ3v) is 6.52. The van der Waals surface area contributed by atoms with E-state index in [1.807, 2.05) is 13.0 Å². The molecule has 4 heterocycles. The smallest absolute Gasteiger partial charge is 0.167 e. The van der Waals surface area contributed by atoms with Gasteiger partial charge < -0.3 is 10.2 Å². The number of carbonyl (C=O) groups is 1. The van der Waals surface area contributed by atoms with E-state index < -0.39 is 0 Å². The zero-order chi connectivity index (χ0) is 22.5. The van der Waals surface area contributed by atoms with Crippen LogP contribution in [0.25, 0.3) is 5.65 Å². The molecule has 32 heavy (non-hydrogen) atoms. The van der Waals surface area contributed by atoms with Crippen LogP contribution in [0.2, 0.25) is 0 Å². The van der Waals surface area contributed by atoms with Crippen LogP contribution in [-0.4, -0.2) is 45.5 Å². The lowest BCUT2D eigenvalue weighted by atomic mass is 9.96. The number of carbonyl (C=O) groups excluding carboxylic acids is 1. The maximum atomic E-state index is 13.6. The Bertz CT molecular complexity index is 1060. The van der Waals surface area contributed by atoms with Gasteiger partial charge in [0.1, 0.15) is 11.6 Å². The van der Waals surface area contributed by atoms with Crippen LogP contribution >= 0.6 is 0 Å². The van der Waals surface area contributed by atoms with E-state index in [0.717, 1.165) is 48.8 Å². The fourth-order valence-corrected chi connectivity index (χ4v) is 4.74. The lowest BCUT2D eigenvalue weighted by Gasteiger charge is -2.27. The molecule has 1 saturated heterocycles. The van der Waals surface area contributed by atoms with E-state index in [-0.39, 0.29) is 11.9 Å². The van der Waals surface area contributed by atoms with Crippen LogP contribution in [0, 0.1) is 12.7 Å². The second kappa shape index (κ2) is 10.2. The topological polar surface area (TPSA) is 75.4 Å². The quantitative estimate of drug-likeness (QED) is 0.614. The first kappa shape index (κ1) is 22.3. The molecule has 1 unspecified atom stereocenters. The molecule has 1 atom stereocenters. The maximum absolute atomic E-state index is 13.6. The molecule has 170 valence electrons. The van der Waals surface area contributed by atoms with E-state index in [0.29, 0.717) is 11.2 Å². The molecule has 0 aromatic carbocycles. The first-order chi connectivity index (χ1) is 15.6. The van der Waals surface area contributed by atoms with Gasteiger partial charge in [-0.2, -0.15) is 5.10 Å². The van der Waals surface area contributed by atoms with Crippen molar-refractivity contribution in [3.63, 3.8) is 0 Å². The lowest BCUT2D eigenvalue weighted by Crippen LogP contribution is -2.26. The van der Waals surface area contributed by atoms with E-state index in [1.165, 1.54) is 44.5 Å². The van der Waals surface area contributed by atoms with Gasteiger partial charge in [-0.3, -0.25) is 9.78 Å². The second-order valence-corrected chi connectivity index (χ2v) is 8.57. The van der Waals surface area contributed by atoms with Crippen LogP contribution in [0.4, 0.5) is 10.2 Å². The number of aromatic nitrogens is 4. The SMILES string of the molecule is CNC1CCCCC1.Cc1ncc(F)cc1C1CCCN1c1ccn2ncc(C=O)c2n1. The molecule has 7 nitrogen and oxygen atoms in total. The summed E-state index contributed by atoms with van der Waals surface area (Å²) in [6.45, 7) is 2.72. The molecule has 8 heteroatoms. The van der Waals surface area contributed by atoms with E-state index in [1.54, 1.807) is 16.8 Å². The molecular formula is C24H31FN6O. The van der Waals surface area contributed by atoms with Gasteiger partial charge in [-0.25, -0.2) is 13.9 Å². The molecule has 2 fully saturated rings. The van der Waals surface area contributed by atoms with Crippen LogP contribution in [0.3, 0.4) is 0 Å². The molecule has 1 aliphatic heterocycles. The molecule has 5 rings (SSSR count). The predicted octanol–water partition coefficient (Wildman–Crippen LogP) is 4.26. The van der Waals surface area contributed by atoms with Crippen LogP contribution in [-0.2, 0) is 0 Å². The van der Waals surface area contributed by atoms with Crippen molar-refractivity contribution in [2.45, 2.75) is 64.0 Å². The van der Waals surface area contributed by atoms with Gasteiger partial charge in [0.05, 0.1) is 24.0 Å². The van der Waals surface area contributed by atoms with E-state index >= 15 is 0 Å². The Morgan fingerprint density at radius 1 is 1.16 bits per heavy atom.